The van der Waals surface area contributed by atoms with Crippen molar-refractivity contribution in [2.24, 2.45) is 0 Å². The van der Waals surface area contributed by atoms with Gasteiger partial charge in [0.15, 0.2) is 0 Å². The maximum atomic E-state index is 12.4. The summed E-state index contributed by atoms with van der Waals surface area (Å²) in [5, 5.41) is 9.44. The number of fused-ring (bicyclic) bond motifs is 1. The van der Waals surface area contributed by atoms with Crippen molar-refractivity contribution in [2.45, 2.75) is 47.3 Å². The Morgan fingerprint density at radius 3 is 2.73 bits per heavy atom. The molecule has 3 heterocycles. The van der Waals surface area contributed by atoms with Gasteiger partial charge in [-0.1, -0.05) is 13.0 Å². The molecular formula is C23H24N4O3. The zero-order chi connectivity index (χ0) is 21.8. The van der Waals surface area contributed by atoms with Gasteiger partial charge >= 0.3 is 5.97 Å². The SMILES string of the molecule is CCCn1c(C)cc(/C=C(\C#N)C(=O)OCc2cc(=O)n3cc(C)ccc3n2)c1C. The first-order valence-electron chi connectivity index (χ1n) is 9.78. The van der Waals surface area contributed by atoms with Crippen molar-refractivity contribution < 1.29 is 9.53 Å². The number of nitriles is 1. The monoisotopic (exact) mass is 404 g/mol. The van der Waals surface area contributed by atoms with Gasteiger partial charge in [0, 0.05) is 30.2 Å². The predicted octanol–water partition coefficient (Wildman–Crippen LogP) is 3.48. The number of aromatic nitrogens is 3. The fourth-order valence-corrected chi connectivity index (χ4v) is 3.38. The molecule has 0 saturated carbocycles. The molecule has 0 amide bonds. The molecule has 0 unspecified atom stereocenters. The Hall–Kier alpha value is -3.66. The van der Waals surface area contributed by atoms with Crippen molar-refractivity contribution in [2.75, 3.05) is 0 Å². The Labute approximate surface area is 174 Å². The molecule has 3 aromatic heterocycles. The lowest BCUT2D eigenvalue weighted by Crippen LogP contribution is -2.17. The summed E-state index contributed by atoms with van der Waals surface area (Å²) >= 11 is 0. The number of carbonyl (C=O) groups is 1. The Bertz CT molecular complexity index is 1240. The van der Waals surface area contributed by atoms with Gasteiger partial charge in [-0.25, -0.2) is 9.78 Å². The summed E-state index contributed by atoms with van der Waals surface area (Å²) < 4.78 is 8.85. The molecule has 0 radical (unpaired) electrons. The smallest absolute Gasteiger partial charge is 0.349 e. The minimum atomic E-state index is -0.747. The number of ether oxygens (including phenoxy) is 1. The van der Waals surface area contributed by atoms with Crippen LogP contribution < -0.4 is 5.56 Å². The fraction of sp³-hybridized carbons (Fsp3) is 0.304. The van der Waals surface area contributed by atoms with E-state index in [4.69, 9.17) is 4.74 Å². The first-order valence-corrected chi connectivity index (χ1v) is 9.78. The summed E-state index contributed by atoms with van der Waals surface area (Å²) in [6.45, 7) is 8.63. The van der Waals surface area contributed by atoms with Crippen LogP contribution in [0.3, 0.4) is 0 Å². The molecule has 7 heteroatoms. The van der Waals surface area contributed by atoms with E-state index < -0.39 is 5.97 Å². The Balaban J connectivity index is 1.80. The molecule has 0 bridgehead atoms. The van der Waals surface area contributed by atoms with Gasteiger partial charge in [0.2, 0.25) is 0 Å². The largest absolute Gasteiger partial charge is 0.455 e. The molecule has 0 aliphatic carbocycles. The average molecular weight is 404 g/mol. The lowest BCUT2D eigenvalue weighted by Gasteiger charge is -2.07. The molecule has 154 valence electrons. The first-order chi connectivity index (χ1) is 14.3. The average Bonchev–Trinajstić information content (AvgIpc) is 2.98. The maximum absolute atomic E-state index is 12.4. The summed E-state index contributed by atoms with van der Waals surface area (Å²) in [6, 6.07) is 8.77. The number of hydrogen-bond acceptors (Lipinski definition) is 5. The number of rotatable bonds is 6. The second-order valence-electron chi connectivity index (χ2n) is 7.24. The molecule has 0 atom stereocenters. The van der Waals surface area contributed by atoms with Gasteiger partial charge in [0.05, 0.1) is 5.69 Å². The van der Waals surface area contributed by atoms with Gasteiger partial charge in [-0.3, -0.25) is 9.20 Å². The van der Waals surface area contributed by atoms with Crippen molar-refractivity contribution >= 4 is 17.7 Å². The minimum absolute atomic E-state index is 0.0973. The van der Waals surface area contributed by atoms with Crippen LogP contribution in [0.15, 0.2) is 40.8 Å². The molecule has 0 aliphatic rings. The highest BCUT2D eigenvalue weighted by atomic mass is 16.5. The zero-order valence-corrected chi connectivity index (χ0v) is 17.6. The molecule has 0 aromatic carbocycles. The second kappa shape index (κ2) is 8.78. The number of aryl methyl sites for hydroxylation is 2. The molecule has 30 heavy (non-hydrogen) atoms. The van der Waals surface area contributed by atoms with Crippen LogP contribution in [0.25, 0.3) is 11.7 Å². The van der Waals surface area contributed by atoms with Crippen LogP contribution >= 0.6 is 0 Å². The van der Waals surface area contributed by atoms with Crippen molar-refractivity contribution in [3.05, 3.63) is 74.6 Å². The van der Waals surface area contributed by atoms with Crippen molar-refractivity contribution in [1.82, 2.24) is 14.0 Å². The minimum Gasteiger partial charge on any atom is -0.455 e. The molecule has 3 aromatic rings. The molecule has 0 spiro atoms. The number of pyridine rings is 1. The van der Waals surface area contributed by atoms with E-state index in [0.717, 1.165) is 35.5 Å². The Morgan fingerprint density at radius 1 is 1.27 bits per heavy atom. The van der Waals surface area contributed by atoms with Crippen LogP contribution in [0.2, 0.25) is 0 Å². The molecule has 0 fully saturated rings. The number of nitrogens with zero attached hydrogens (tertiary/aromatic N) is 4. The van der Waals surface area contributed by atoms with E-state index in [1.54, 1.807) is 18.3 Å². The van der Waals surface area contributed by atoms with Crippen LogP contribution in [0, 0.1) is 32.1 Å². The standard InChI is InChI=1S/C23H24N4O3/c1-5-8-26-16(3)9-18(17(26)4)10-19(12-24)23(29)30-14-20-11-22(28)27-13-15(2)6-7-21(27)25-20/h6-7,9-11,13H,5,8,14H2,1-4H3/b19-10+. The number of hydrogen-bond donors (Lipinski definition) is 0. The van der Waals surface area contributed by atoms with E-state index in [2.05, 4.69) is 16.5 Å². The van der Waals surface area contributed by atoms with E-state index in [9.17, 15) is 14.9 Å². The molecule has 3 rings (SSSR count). The highest BCUT2D eigenvalue weighted by molar-refractivity contribution is 5.98. The highest BCUT2D eigenvalue weighted by Gasteiger charge is 2.15. The summed E-state index contributed by atoms with van der Waals surface area (Å²) in [5.74, 6) is -0.747. The molecule has 0 saturated heterocycles. The van der Waals surface area contributed by atoms with Crippen molar-refractivity contribution in [3.8, 4) is 6.07 Å². The first kappa shape index (κ1) is 21.1. The van der Waals surface area contributed by atoms with E-state index in [1.807, 2.05) is 39.0 Å². The summed E-state index contributed by atoms with van der Waals surface area (Å²) in [7, 11) is 0. The van der Waals surface area contributed by atoms with Crippen LogP contribution in [-0.2, 0) is 22.7 Å². The van der Waals surface area contributed by atoms with Gasteiger partial charge in [-0.05, 0) is 56.5 Å². The molecule has 7 nitrogen and oxygen atoms in total. The molecule has 0 N–H and O–H groups in total. The highest BCUT2D eigenvalue weighted by Crippen LogP contribution is 2.19. The second-order valence-corrected chi connectivity index (χ2v) is 7.24. The van der Waals surface area contributed by atoms with Crippen LogP contribution in [0.5, 0.6) is 0 Å². The van der Waals surface area contributed by atoms with E-state index in [-0.39, 0.29) is 17.7 Å². The van der Waals surface area contributed by atoms with Gasteiger partial charge in [0.1, 0.15) is 23.9 Å². The van der Waals surface area contributed by atoms with Crippen LogP contribution in [-0.4, -0.2) is 19.9 Å². The fourth-order valence-electron chi connectivity index (χ4n) is 3.38. The molecule has 0 aliphatic heterocycles. The van der Waals surface area contributed by atoms with E-state index in [1.165, 1.54) is 10.5 Å². The van der Waals surface area contributed by atoms with Crippen molar-refractivity contribution in [1.29, 1.82) is 5.26 Å². The lowest BCUT2D eigenvalue weighted by molar-refractivity contribution is -0.139. The quantitative estimate of drug-likeness (QED) is 0.356. The predicted molar refractivity (Wildman–Crippen MR) is 114 cm³/mol. The third-order valence-electron chi connectivity index (χ3n) is 4.91. The van der Waals surface area contributed by atoms with Gasteiger partial charge in [0.25, 0.3) is 5.56 Å². The van der Waals surface area contributed by atoms with E-state index in [0.29, 0.717) is 11.3 Å². The zero-order valence-electron chi connectivity index (χ0n) is 17.6. The van der Waals surface area contributed by atoms with Crippen LogP contribution in [0.1, 0.15) is 41.6 Å². The van der Waals surface area contributed by atoms with Gasteiger partial charge in [-0.15, -0.1) is 0 Å². The third-order valence-corrected chi connectivity index (χ3v) is 4.91. The van der Waals surface area contributed by atoms with Crippen molar-refractivity contribution in [3.63, 3.8) is 0 Å². The summed E-state index contributed by atoms with van der Waals surface area (Å²) in [4.78, 5) is 29.1. The van der Waals surface area contributed by atoms with Gasteiger partial charge < -0.3 is 9.30 Å². The van der Waals surface area contributed by atoms with Gasteiger partial charge in [-0.2, -0.15) is 5.26 Å². The summed E-state index contributed by atoms with van der Waals surface area (Å²) in [5.41, 5.74) is 4.26. The van der Waals surface area contributed by atoms with E-state index >= 15 is 0 Å². The number of esters is 1. The maximum Gasteiger partial charge on any atom is 0.349 e. The lowest BCUT2D eigenvalue weighted by atomic mass is 10.1. The topological polar surface area (TPSA) is 89.4 Å². The Kier molecular flexibility index (Phi) is 6.17. The normalized spacial score (nSPS) is 11.5. The molecular weight excluding hydrogens is 380 g/mol. The Morgan fingerprint density at radius 2 is 2.03 bits per heavy atom. The van der Waals surface area contributed by atoms with Crippen LogP contribution in [0.4, 0.5) is 0 Å². The number of carbonyl (C=O) groups excluding carboxylic acids is 1. The third kappa shape index (κ3) is 4.33. The summed E-state index contributed by atoms with van der Waals surface area (Å²) in [6.07, 6.45) is 4.24.